The Labute approximate surface area is 185 Å². The van der Waals surface area contributed by atoms with Gasteiger partial charge in [0.2, 0.25) is 0 Å². The molecule has 1 saturated heterocycles. The highest BCUT2D eigenvalue weighted by Crippen LogP contribution is 2.38. The molecule has 2 aliphatic rings. The number of likely N-dealkylation sites (tertiary alicyclic amines) is 1. The summed E-state index contributed by atoms with van der Waals surface area (Å²) in [7, 11) is 0. The molecule has 4 heteroatoms. The maximum Gasteiger partial charge on any atom is 0.282 e. The Morgan fingerprint density at radius 1 is 0.774 bits per heavy atom. The van der Waals surface area contributed by atoms with Gasteiger partial charge in [0.05, 0.1) is 11.3 Å². The molecule has 2 atom stereocenters. The summed E-state index contributed by atoms with van der Waals surface area (Å²) in [6.45, 7) is 14.2. The summed E-state index contributed by atoms with van der Waals surface area (Å²) in [6.07, 6.45) is 1.14. The van der Waals surface area contributed by atoms with E-state index < -0.39 is 0 Å². The smallest absolute Gasteiger partial charge is 0.282 e. The lowest BCUT2D eigenvalue weighted by molar-refractivity contribution is -0.120. The zero-order valence-electron chi connectivity index (χ0n) is 19.5. The largest absolute Gasteiger partial charge is 0.366 e. The third kappa shape index (κ3) is 3.80. The van der Waals surface area contributed by atoms with Crippen molar-refractivity contribution in [3.63, 3.8) is 0 Å². The van der Waals surface area contributed by atoms with Crippen LogP contribution in [0, 0.1) is 39.5 Å². The van der Waals surface area contributed by atoms with E-state index in [9.17, 15) is 9.59 Å². The predicted octanol–water partition coefficient (Wildman–Crippen LogP) is 5.18. The number of benzene rings is 2. The van der Waals surface area contributed by atoms with Crippen molar-refractivity contribution in [2.75, 3.05) is 18.0 Å². The van der Waals surface area contributed by atoms with E-state index in [0.29, 0.717) is 28.8 Å². The van der Waals surface area contributed by atoms with Crippen LogP contribution in [0.5, 0.6) is 0 Å². The Balaban J connectivity index is 1.87. The second-order valence-corrected chi connectivity index (χ2v) is 9.61. The average Bonchev–Trinajstić information content (AvgIpc) is 2.94. The SMILES string of the molecule is Cc1ccc(C2=C(N3CC(C)CC(C)C3)C(=O)N(c3ccc(C)c(C)c3)C2=O)c(C)c1. The first-order chi connectivity index (χ1) is 14.7. The van der Waals surface area contributed by atoms with Gasteiger partial charge in [0.25, 0.3) is 11.8 Å². The molecule has 0 saturated carbocycles. The molecule has 2 aromatic rings. The molecule has 4 rings (SSSR count). The molecule has 4 nitrogen and oxygen atoms in total. The quantitative estimate of drug-likeness (QED) is 0.647. The molecule has 0 bridgehead atoms. The number of hydrogen-bond donors (Lipinski definition) is 0. The van der Waals surface area contributed by atoms with Gasteiger partial charge in [-0.3, -0.25) is 9.59 Å². The van der Waals surface area contributed by atoms with Crippen molar-refractivity contribution in [3.05, 3.63) is 69.9 Å². The van der Waals surface area contributed by atoms with E-state index in [4.69, 9.17) is 0 Å². The van der Waals surface area contributed by atoms with Crippen LogP contribution >= 0.6 is 0 Å². The number of hydrogen-bond acceptors (Lipinski definition) is 3. The second-order valence-electron chi connectivity index (χ2n) is 9.61. The minimum absolute atomic E-state index is 0.204. The van der Waals surface area contributed by atoms with Crippen LogP contribution in [0.4, 0.5) is 5.69 Å². The monoisotopic (exact) mass is 416 g/mol. The van der Waals surface area contributed by atoms with Crippen LogP contribution in [0.15, 0.2) is 42.1 Å². The number of amides is 2. The number of nitrogens with zero attached hydrogens (tertiary/aromatic N) is 2. The van der Waals surface area contributed by atoms with Gasteiger partial charge in [-0.25, -0.2) is 4.90 Å². The lowest BCUT2D eigenvalue weighted by Gasteiger charge is -2.37. The fourth-order valence-electron chi connectivity index (χ4n) is 5.09. The molecule has 2 unspecified atom stereocenters. The Bertz CT molecular complexity index is 1090. The van der Waals surface area contributed by atoms with Crippen molar-refractivity contribution in [2.24, 2.45) is 11.8 Å². The topological polar surface area (TPSA) is 40.6 Å². The molecule has 0 N–H and O–H groups in total. The maximum absolute atomic E-state index is 13.8. The molecule has 0 aliphatic carbocycles. The van der Waals surface area contributed by atoms with Crippen molar-refractivity contribution < 1.29 is 9.59 Å². The zero-order chi connectivity index (χ0) is 22.4. The van der Waals surface area contributed by atoms with Gasteiger partial charge in [-0.15, -0.1) is 0 Å². The number of carbonyl (C=O) groups excluding carboxylic acids is 2. The van der Waals surface area contributed by atoms with Crippen LogP contribution < -0.4 is 4.90 Å². The molecule has 0 spiro atoms. The summed E-state index contributed by atoms with van der Waals surface area (Å²) < 4.78 is 0. The van der Waals surface area contributed by atoms with Crippen molar-refractivity contribution >= 4 is 23.1 Å². The van der Waals surface area contributed by atoms with Crippen LogP contribution in [0.2, 0.25) is 0 Å². The van der Waals surface area contributed by atoms with Crippen molar-refractivity contribution in [3.8, 4) is 0 Å². The van der Waals surface area contributed by atoms with Gasteiger partial charge in [0.1, 0.15) is 5.70 Å². The van der Waals surface area contributed by atoms with Crippen LogP contribution in [0.1, 0.15) is 48.1 Å². The van der Waals surface area contributed by atoms with Crippen LogP contribution in [-0.2, 0) is 9.59 Å². The maximum atomic E-state index is 13.8. The van der Waals surface area contributed by atoms with E-state index in [1.807, 2.05) is 58.0 Å². The van der Waals surface area contributed by atoms with Crippen molar-refractivity contribution in [1.82, 2.24) is 4.90 Å². The molecule has 31 heavy (non-hydrogen) atoms. The standard InChI is InChI=1S/C27H32N2O2/c1-16-7-10-23(21(6)12-16)24-25(28-14-17(2)11-18(3)15-28)27(31)29(26(24)30)22-9-8-19(4)20(5)13-22/h7-10,12-13,17-18H,11,14-15H2,1-6H3. The third-order valence-corrected chi connectivity index (χ3v) is 6.64. The molecule has 2 heterocycles. The summed E-state index contributed by atoms with van der Waals surface area (Å²) in [4.78, 5) is 31.1. The molecule has 162 valence electrons. The number of aryl methyl sites for hydroxylation is 4. The molecule has 0 aromatic heterocycles. The van der Waals surface area contributed by atoms with Gasteiger partial charge in [-0.1, -0.05) is 43.7 Å². The molecular weight excluding hydrogens is 384 g/mol. The van der Waals surface area contributed by atoms with Crippen LogP contribution in [-0.4, -0.2) is 29.8 Å². The Morgan fingerprint density at radius 3 is 2.06 bits per heavy atom. The first-order valence-corrected chi connectivity index (χ1v) is 11.2. The summed E-state index contributed by atoms with van der Waals surface area (Å²) >= 11 is 0. The fourth-order valence-corrected chi connectivity index (χ4v) is 5.09. The lowest BCUT2D eigenvalue weighted by atomic mass is 9.90. The first kappa shape index (κ1) is 21.4. The van der Waals surface area contributed by atoms with Gasteiger partial charge in [0, 0.05) is 13.1 Å². The molecule has 2 aromatic carbocycles. The van der Waals surface area contributed by atoms with Crippen LogP contribution in [0.3, 0.4) is 0 Å². The minimum atomic E-state index is -0.221. The molecule has 1 fully saturated rings. The molecule has 0 radical (unpaired) electrons. The van der Waals surface area contributed by atoms with E-state index in [1.165, 1.54) is 4.90 Å². The number of rotatable bonds is 3. The van der Waals surface area contributed by atoms with Gasteiger partial charge in [-0.2, -0.15) is 0 Å². The summed E-state index contributed by atoms with van der Waals surface area (Å²) in [5.74, 6) is 0.538. The minimum Gasteiger partial charge on any atom is -0.366 e. The Kier molecular flexibility index (Phi) is 5.50. The van der Waals surface area contributed by atoms with Crippen LogP contribution in [0.25, 0.3) is 5.57 Å². The predicted molar refractivity (Wildman–Crippen MR) is 126 cm³/mol. The third-order valence-electron chi connectivity index (χ3n) is 6.64. The van der Waals surface area contributed by atoms with Gasteiger partial charge in [0.15, 0.2) is 0 Å². The van der Waals surface area contributed by atoms with Gasteiger partial charge >= 0.3 is 0 Å². The average molecular weight is 417 g/mol. The van der Waals surface area contributed by atoms with Gasteiger partial charge in [-0.05, 0) is 80.3 Å². The molecule has 2 amide bonds. The zero-order valence-corrected chi connectivity index (χ0v) is 19.5. The number of carbonyl (C=O) groups is 2. The highest BCUT2D eigenvalue weighted by molar-refractivity contribution is 6.45. The van der Waals surface area contributed by atoms with E-state index >= 15 is 0 Å². The number of imide groups is 1. The summed E-state index contributed by atoms with van der Waals surface area (Å²) in [5, 5.41) is 0. The normalized spacial score (nSPS) is 22.0. The second kappa shape index (κ2) is 7.99. The molecule has 2 aliphatic heterocycles. The summed E-state index contributed by atoms with van der Waals surface area (Å²) in [6, 6.07) is 11.9. The fraction of sp³-hybridized carbons (Fsp3) is 0.407. The number of piperidine rings is 1. The van der Waals surface area contributed by atoms with Crippen molar-refractivity contribution in [2.45, 2.75) is 48.0 Å². The lowest BCUT2D eigenvalue weighted by Crippen LogP contribution is -2.42. The summed E-state index contributed by atoms with van der Waals surface area (Å²) in [5.41, 5.74) is 6.99. The Hall–Kier alpha value is -2.88. The molecular formula is C27H32N2O2. The van der Waals surface area contributed by atoms with E-state index in [1.54, 1.807) is 0 Å². The number of anilines is 1. The first-order valence-electron chi connectivity index (χ1n) is 11.2. The van der Waals surface area contributed by atoms with E-state index in [0.717, 1.165) is 47.3 Å². The highest BCUT2D eigenvalue weighted by atomic mass is 16.2. The van der Waals surface area contributed by atoms with Crippen molar-refractivity contribution in [1.29, 1.82) is 0 Å². The van der Waals surface area contributed by atoms with E-state index in [2.05, 4.69) is 24.8 Å². The highest BCUT2D eigenvalue weighted by Gasteiger charge is 2.44. The van der Waals surface area contributed by atoms with Gasteiger partial charge < -0.3 is 4.90 Å². The Morgan fingerprint density at radius 2 is 1.45 bits per heavy atom. The van der Waals surface area contributed by atoms with E-state index in [-0.39, 0.29) is 11.8 Å².